The smallest absolute Gasteiger partial charge is 0.250 e. The predicted molar refractivity (Wildman–Crippen MR) is 94.9 cm³/mol. The van der Waals surface area contributed by atoms with Crippen molar-refractivity contribution in [1.29, 1.82) is 0 Å². The van der Waals surface area contributed by atoms with E-state index in [1.807, 2.05) is 18.2 Å². The van der Waals surface area contributed by atoms with Crippen LogP contribution in [0.3, 0.4) is 0 Å². The number of hydrogen-bond donors (Lipinski definition) is 1. The molecule has 5 nitrogen and oxygen atoms in total. The second-order valence-corrected chi connectivity index (χ2v) is 6.37. The third kappa shape index (κ3) is 4.20. The van der Waals surface area contributed by atoms with Gasteiger partial charge >= 0.3 is 0 Å². The minimum Gasteiger partial charge on any atom is -0.486 e. The summed E-state index contributed by atoms with van der Waals surface area (Å²) in [5.74, 6) is 0.997. The Morgan fingerprint density at radius 1 is 1.21 bits per heavy atom. The van der Waals surface area contributed by atoms with Crippen LogP contribution in [0.5, 0.6) is 11.5 Å². The van der Waals surface area contributed by atoms with Gasteiger partial charge in [-0.05, 0) is 27.6 Å². The monoisotopic (exact) mass is 411 g/mol. The molecular weight excluding hydrogens is 398 g/mol. The van der Waals surface area contributed by atoms with Gasteiger partial charge in [0.2, 0.25) is 5.91 Å². The fourth-order valence-corrected chi connectivity index (χ4v) is 2.83. The number of carbonyl (C=O) groups excluding carboxylic acids is 1. The molecule has 1 amide bonds. The van der Waals surface area contributed by atoms with E-state index in [4.69, 9.17) is 25.8 Å². The molecule has 0 aliphatic carbocycles. The lowest BCUT2D eigenvalue weighted by Gasteiger charge is -2.20. The standard InChI is InChI=1S/C17H15BrClNO4/c18-12-7-15-16(24-6-5-23-15)8-14(12)20-17(21)10-22-9-11-3-1-2-4-13(11)19/h1-4,7-8H,5-6,9-10H2,(H,20,21). The number of hydrogen-bond acceptors (Lipinski definition) is 4. The number of rotatable bonds is 5. The van der Waals surface area contributed by atoms with Crippen LogP contribution in [0.25, 0.3) is 0 Å². The zero-order valence-corrected chi connectivity index (χ0v) is 15.0. The lowest BCUT2D eigenvalue weighted by Crippen LogP contribution is -2.19. The molecule has 24 heavy (non-hydrogen) atoms. The molecule has 0 radical (unpaired) electrons. The highest BCUT2D eigenvalue weighted by Gasteiger charge is 2.16. The van der Waals surface area contributed by atoms with Gasteiger partial charge in [0.25, 0.3) is 0 Å². The van der Waals surface area contributed by atoms with Crippen LogP contribution in [-0.2, 0) is 16.1 Å². The highest BCUT2D eigenvalue weighted by atomic mass is 79.9. The van der Waals surface area contributed by atoms with Crippen LogP contribution in [0.2, 0.25) is 5.02 Å². The second kappa shape index (κ2) is 7.88. The second-order valence-electron chi connectivity index (χ2n) is 5.11. The molecule has 2 aromatic rings. The van der Waals surface area contributed by atoms with Crippen molar-refractivity contribution in [1.82, 2.24) is 0 Å². The summed E-state index contributed by atoms with van der Waals surface area (Å²) < 4.78 is 17.1. The van der Waals surface area contributed by atoms with Crippen LogP contribution in [0, 0.1) is 0 Å². The molecule has 0 spiro atoms. The minimum atomic E-state index is -0.264. The Morgan fingerprint density at radius 3 is 2.67 bits per heavy atom. The molecule has 0 saturated heterocycles. The van der Waals surface area contributed by atoms with Crippen molar-refractivity contribution in [3.05, 3.63) is 51.5 Å². The zero-order valence-electron chi connectivity index (χ0n) is 12.7. The van der Waals surface area contributed by atoms with Crippen molar-refractivity contribution >= 4 is 39.1 Å². The van der Waals surface area contributed by atoms with Gasteiger partial charge < -0.3 is 19.5 Å². The summed E-state index contributed by atoms with van der Waals surface area (Å²) in [6, 6.07) is 10.9. The van der Waals surface area contributed by atoms with E-state index in [2.05, 4.69) is 21.2 Å². The largest absolute Gasteiger partial charge is 0.486 e. The quantitative estimate of drug-likeness (QED) is 0.805. The molecule has 1 aliphatic heterocycles. The van der Waals surface area contributed by atoms with Gasteiger partial charge in [0.15, 0.2) is 11.5 Å². The summed E-state index contributed by atoms with van der Waals surface area (Å²) in [5.41, 5.74) is 1.44. The normalized spacial score (nSPS) is 12.8. The number of nitrogens with one attached hydrogen (secondary N) is 1. The van der Waals surface area contributed by atoms with Crippen LogP contribution in [-0.4, -0.2) is 25.7 Å². The number of halogens is 2. The summed E-state index contributed by atoms with van der Waals surface area (Å²) in [5, 5.41) is 3.40. The first-order valence-electron chi connectivity index (χ1n) is 7.33. The van der Waals surface area contributed by atoms with E-state index in [0.29, 0.717) is 39.9 Å². The molecule has 0 atom stereocenters. The average molecular weight is 413 g/mol. The summed E-state index contributed by atoms with van der Waals surface area (Å²) in [7, 11) is 0. The van der Waals surface area contributed by atoms with Gasteiger partial charge in [-0.2, -0.15) is 0 Å². The highest BCUT2D eigenvalue weighted by Crippen LogP contribution is 2.38. The van der Waals surface area contributed by atoms with E-state index >= 15 is 0 Å². The topological polar surface area (TPSA) is 56.8 Å². The molecule has 7 heteroatoms. The van der Waals surface area contributed by atoms with Crippen LogP contribution >= 0.6 is 27.5 Å². The lowest BCUT2D eigenvalue weighted by molar-refractivity contribution is -0.121. The Morgan fingerprint density at radius 2 is 1.92 bits per heavy atom. The van der Waals surface area contributed by atoms with Crippen LogP contribution in [0.15, 0.2) is 40.9 Å². The van der Waals surface area contributed by atoms with Gasteiger partial charge in [0.05, 0.1) is 12.3 Å². The van der Waals surface area contributed by atoms with E-state index in [9.17, 15) is 4.79 Å². The number of carbonyl (C=O) groups is 1. The van der Waals surface area contributed by atoms with Gasteiger partial charge in [-0.25, -0.2) is 0 Å². The Kier molecular flexibility index (Phi) is 5.60. The van der Waals surface area contributed by atoms with Crippen molar-refractivity contribution < 1.29 is 19.0 Å². The Hall–Kier alpha value is -1.76. The third-order valence-corrected chi connectivity index (χ3v) is 4.38. The van der Waals surface area contributed by atoms with Crippen molar-refractivity contribution in [2.24, 2.45) is 0 Å². The molecule has 1 aliphatic rings. The number of benzene rings is 2. The number of anilines is 1. The first kappa shape index (κ1) is 17.1. The van der Waals surface area contributed by atoms with Crippen molar-refractivity contribution in [3.63, 3.8) is 0 Å². The van der Waals surface area contributed by atoms with Crippen LogP contribution < -0.4 is 14.8 Å². The van der Waals surface area contributed by atoms with Gasteiger partial charge in [-0.1, -0.05) is 29.8 Å². The maximum absolute atomic E-state index is 12.0. The molecule has 0 bridgehead atoms. The first-order valence-corrected chi connectivity index (χ1v) is 8.51. The molecule has 1 N–H and O–H groups in total. The Bertz CT molecular complexity index is 753. The molecule has 126 valence electrons. The van der Waals surface area contributed by atoms with Crippen molar-refractivity contribution in [3.8, 4) is 11.5 Å². The summed E-state index contributed by atoms with van der Waals surface area (Å²) in [6.45, 7) is 1.20. The number of fused-ring (bicyclic) bond motifs is 1. The van der Waals surface area contributed by atoms with Gasteiger partial charge in [0, 0.05) is 21.6 Å². The van der Waals surface area contributed by atoms with Crippen LogP contribution in [0.1, 0.15) is 5.56 Å². The molecule has 0 aromatic heterocycles. The van der Waals surface area contributed by atoms with Crippen molar-refractivity contribution in [2.75, 3.05) is 25.1 Å². The molecule has 0 fully saturated rings. The molecular formula is C17H15BrClNO4. The van der Waals surface area contributed by atoms with E-state index in [0.717, 1.165) is 5.56 Å². The maximum atomic E-state index is 12.0. The Balaban J connectivity index is 1.56. The highest BCUT2D eigenvalue weighted by molar-refractivity contribution is 9.10. The van der Waals surface area contributed by atoms with E-state index in [1.165, 1.54) is 0 Å². The van der Waals surface area contributed by atoms with Gasteiger partial charge in [-0.15, -0.1) is 0 Å². The number of ether oxygens (including phenoxy) is 3. The van der Waals surface area contributed by atoms with E-state index in [-0.39, 0.29) is 19.1 Å². The average Bonchev–Trinajstić information content (AvgIpc) is 2.57. The SMILES string of the molecule is O=C(COCc1ccccc1Cl)Nc1cc2c(cc1Br)OCCO2. The summed E-state index contributed by atoms with van der Waals surface area (Å²) in [6.07, 6.45) is 0. The van der Waals surface area contributed by atoms with E-state index < -0.39 is 0 Å². The predicted octanol–water partition coefficient (Wildman–Crippen LogP) is 4.03. The third-order valence-electron chi connectivity index (χ3n) is 3.35. The van der Waals surface area contributed by atoms with E-state index in [1.54, 1.807) is 18.2 Å². The Labute approximate surface area is 153 Å². The number of amides is 1. The summed E-state index contributed by atoms with van der Waals surface area (Å²) in [4.78, 5) is 12.0. The zero-order chi connectivity index (χ0) is 16.9. The first-order chi connectivity index (χ1) is 11.6. The molecule has 3 rings (SSSR count). The molecule has 0 saturated carbocycles. The maximum Gasteiger partial charge on any atom is 0.250 e. The van der Waals surface area contributed by atoms with Gasteiger partial charge in [0.1, 0.15) is 19.8 Å². The van der Waals surface area contributed by atoms with Crippen LogP contribution in [0.4, 0.5) is 5.69 Å². The lowest BCUT2D eigenvalue weighted by atomic mass is 10.2. The molecule has 2 aromatic carbocycles. The summed E-state index contributed by atoms with van der Waals surface area (Å²) >= 11 is 9.45. The fourth-order valence-electron chi connectivity index (χ4n) is 2.22. The van der Waals surface area contributed by atoms with Gasteiger partial charge in [-0.3, -0.25) is 4.79 Å². The molecule has 0 unspecified atom stereocenters. The minimum absolute atomic E-state index is 0.0773. The fraction of sp³-hybridized carbons (Fsp3) is 0.235. The molecule has 1 heterocycles. The van der Waals surface area contributed by atoms with Crippen molar-refractivity contribution in [2.45, 2.75) is 6.61 Å².